The summed E-state index contributed by atoms with van der Waals surface area (Å²) in [7, 11) is 0. The van der Waals surface area contributed by atoms with Crippen LogP contribution in [0.15, 0.2) is 18.2 Å². The Morgan fingerprint density at radius 1 is 1.33 bits per heavy atom. The van der Waals surface area contributed by atoms with Crippen molar-refractivity contribution in [2.45, 2.75) is 13.5 Å². The summed E-state index contributed by atoms with van der Waals surface area (Å²) in [6.07, 6.45) is 0. The summed E-state index contributed by atoms with van der Waals surface area (Å²) in [5.74, 6) is 0.619. The maximum atomic E-state index is 12.0. The fourth-order valence-electron chi connectivity index (χ4n) is 2.39. The molecule has 1 heterocycles. The van der Waals surface area contributed by atoms with Gasteiger partial charge < -0.3 is 14.5 Å². The summed E-state index contributed by atoms with van der Waals surface area (Å²) in [4.78, 5) is 4.33. The van der Waals surface area contributed by atoms with Gasteiger partial charge >= 0.3 is 0 Å². The highest BCUT2D eigenvalue weighted by atomic mass is 35.5. The predicted molar refractivity (Wildman–Crippen MR) is 84.3 cm³/mol. The number of piperazine rings is 1. The predicted octanol–water partition coefficient (Wildman–Crippen LogP) is 2.95. The van der Waals surface area contributed by atoms with Crippen LogP contribution in [0.5, 0.6) is 0 Å². The van der Waals surface area contributed by atoms with Crippen LogP contribution in [0, 0.1) is 5.41 Å². The minimum Gasteiger partial charge on any atom is -0.374 e. The molecule has 0 unspecified atom stereocenters. The Labute approximate surface area is 129 Å². The zero-order valence-electron chi connectivity index (χ0n) is 12.2. The number of ether oxygens (including phenoxy) is 1. The van der Waals surface area contributed by atoms with Crippen LogP contribution in [0.2, 0.25) is 5.02 Å². The number of nitrogens with zero attached hydrogens (tertiary/aromatic N) is 2. The smallest absolute Gasteiger partial charge is 0.113 e. The molecule has 1 saturated heterocycles. The number of nitrogens with one attached hydrogen (secondary N) is 1. The van der Waals surface area contributed by atoms with E-state index in [1.807, 2.05) is 25.1 Å². The van der Waals surface area contributed by atoms with Gasteiger partial charge in [0.15, 0.2) is 0 Å². The maximum Gasteiger partial charge on any atom is 0.113 e. The highest BCUT2D eigenvalue weighted by Gasteiger charge is 2.18. The summed E-state index contributed by atoms with van der Waals surface area (Å²) in [6.45, 7) is 5.25. The zero-order valence-corrected chi connectivity index (χ0v) is 13.0. The minimum absolute atomic E-state index is 0.100. The highest BCUT2D eigenvalue weighted by molar-refractivity contribution is 6.31. The van der Waals surface area contributed by atoms with E-state index >= 15 is 0 Å². The molecular weight excluding hydrogens is 293 g/mol. The molecule has 21 heavy (non-hydrogen) atoms. The van der Waals surface area contributed by atoms with Gasteiger partial charge in [0.25, 0.3) is 0 Å². The van der Waals surface area contributed by atoms with Crippen LogP contribution in [0.1, 0.15) is 12.5 Å². The monoisotopic (exact) mass is 313 g/mol. The molecule has 0 bridgehead atoms. The Bertz CT molecular complexity index is 490. The molecule has 0 saturated carbocycles. The molecule has 1 aliphatic heterocycles. The van der Waals surface area contributed by atoms with Gasteiger partial charge in [-0.2, -0.15) is 0 Å². The number of halogens is 2. The quantitative estimate of drug-likeness (QED) is 0.516. The molecule has 6 heteroatoms. The van der Waals surface area contributed by atoms with Crippen molar-refractivity contribution in [2.24, 2.45) is 0 Å². The molecule has 4 nitrogen and oxygen atoms in total. The van der Waals surface area contributed by atoms with Crippen molar-refractivity contribution in [3.05, 3.63) is 28.8 Å². The van der Waals surface area contributed by atoms with Crippen LogP contribution in [0.25, 0.3) is 0 Å². The topological polar surface area (TPSA) is 39.6 Å². The van der Waals surface area contributed by atoms with Crippen molar-refractivity contribution >= 4 is 23.1 Å². The van der Waals surface area contributed by atoms with E-state index in [-0.39, 0.29) is 6.61 Å². The molecule has 0 atom stereocenters. The second-order valence-corrected chi connectivity index (χ2v) is 5.48. The van der Waals surface area contributed by atoms with Gasteiger partial charge in [0.2, 0.25) is 0 Å². The van der Waals surface area contributed by atoms with Gasteiger partial charge in [-0.05, 0) is 24.6 Å². The standard InChI is InChI=1S/C15H21ClFN3O/c1-12(18)19-5-7-20(8-6-19)14-3-2-13(15(16)10-14)11-21-9-4-17/h2-3,10,18H,4-9,11H2,1H3. The molecule has 1 fully saturated rings. The van der Waals surface area contributed by atoms with Crippen LogP contribution in [0.4, 0.5) is 10.1 Å². The van der Waals surface area contributed by atoms with Crippen LogP contribution >= 0.6 is 11.6 Å². The molecule has 1 N–H and O–H groups in total. The lowest BCUT2D eigenvalue weighted by atomic mass is 10.2. The van der Waals surface area contributed by atoms with E-state index < -0.39 is 6.67 Å². The second-order valence-electron chi connectivity index (χ2n) is 5.08. The lowest BCUT2D eigenvalue weighted by Gasteiger charge is -2.36. The van der Waals surface area contributed by atoms with Gasteiger partial charge in [0, 0.05) is 36.9 Å². The number of amidine groups is 1. The first-order valence-electron chi connectivity index (χ1n) is 7.09. The fraction of sp³-hybridized carbons (Fsp3) is 0.533. The van der Waals surface area contributed by atoms with E-state index in [4.69, 9.17) is 21.7 Å². The van der Waals surface area contributed by atoms with E-state index in [1.54, 1.807) is 0 Å². The third-order valence-electron chi connectivity index (χ3n) is 3.63. The van der Waals surface area contributed by atoms with Crippen LogP contribution in [-0.4, -0.2) is 50.2 Å². The molecule has 116 valence electrons. The first kappa shape index (κ1) is 16.0. The SMILES string of the molecule is CC(=N)N1CCN(c2ccc(COCCF)c(Cl)c2)CC1. The second kappa shape index (κ2) is 7.61. The van der Waals surface area contributed by atoms with E-state index in [0.717, 1.165) is 37.4 Å². The molecule has 0 aromatic heterocycles. The van der Waals surface area contributed by atoms with E-state index in [0.29, 0.717) is 17.5 Å². The Hall–Kier alpha value is -1.33. The molecule has 0 spiro atoms. The molecule has 1 aromatic rings. The van der Waals surface area contributed by atoms with Crippen molar-refractivity contribution < 1.29 is 9.13 Å². The Morgan fingerprint density at radius 3 is 2.62 bits per heavy atom. The average Bonchev–Trinajstić information content (AvgIpc) is 2.49. The van der Waals surface area contributed by atoms with Gasteiger partial charge in [-0.3, -0.25) is 5.41 Å². The number of rotatable bonds is 5. The van der Waals surface area contributed by atoms with Gasteiger partial charge in [0.1, 0.15) is 6.67 Å². The lowest BCUT2D eigenvalue weighted by Crippen LogP contribution is -2.47. The van der Waals surface area contributed by atoms with Crippen LogP contribution in [0.3, 0.4) is 0 Å². The lowest BCUT2D eigenvalue weighted by molar-refractivity contribution is 0.106. The summed E-state index contributed by atoms with van der Waals surface area (Å²) in [5.41, 5.74) is 1.96. The molecule has 1 aromatic carbocycles. The Kier molecular flexibility index (Phi) is 5.82. The summed E-state index contributed by atoms with van der Waals surface area (Å²) < 4.78 is 17.2. The van der Waals surface area contributed by atoms with Crippen LogP contribution in [-0.2, 0) is 11.3 Å². The number of benzene rings is 1. The molecule has 0 radical (unpaired) electrons. The van der Waals surface area contributed by atoms with Crippen molar-refractivity contribution in [3.8, 4) is 0 Å². The molecule has 0 amide bonds. The summed E-state index contributed by atoms with van der Waals surface area (Å²) in [6, 6.07) is 5.89. The Balaban J connectivity index is 1.95. The first-order chi connectivity index (χ1) is 10.1. The number of hydrogen-bond donors (Lipinski definition) is 1. The third kappa shape index (κ3) is 4.32. The third-order valence-corrected chi connectivity index (χ3v) is 3.99. The molecular formula is C15H21ClFN3O. The Morgan fingerprint density at radius 2 is 2.05 bits per heavy atom. The van der Waals surface area contributed by atoms with Crippen molar-refractivity contribution in [1.29, 1.82) is 5.41 Å². The van der Waals surface area contributed by atoms with E-state index in [1.165, 1.54) is 0 Å². The summed E-state index contributed by atoms with van der Waals surface area (Å²) >= 11 is 6.26. The summed E-state index contributed by atoms with van der Waals surface area (Å²) in [5, 5.41) is 8.30. The zero-order chi connectivity index (χ0) is 15.2. The van der Waals surface area contributed by atoms with Crippen LogP contribution < -0.4 is 4.90 Å². The minimum atomic E-state index is -0.480. The van der Waals surface area contributed by atoms with Gasteiger partial charge in [-0.25, -0.2) is 4.39 Å². The molecule has 2 rings (SSSR count). The van der Waals surface area contributed by atoms with Crippen molar-refractivity contribution in [1.82, 2.24) is 4.90 Å². The normalized spacial score (nSPS) is 15.4. The van der Waals surface area contributed by atoms with Gasteiger partial charge in [-0.15, -0.1) is 0 Å². The van der Waals surface area contributed by atoms with Crippen molar-refractivity contribution in [3.63, 3.8) is 0 Å². The number of anilines is 1. The number of alkyl halides is 1. The fourth-order valence-corrected chi connectivity index (χ4v) is 2.62. The largest absolute Gasteiger partial charge is 0.374 e. The first-order valence-corrected chi connectivity index (χ1v) is 7.47. The van der Waals surface area contributed by atoms with E-state index in [2.05, 4.69) is 9.80 Å². The van der Waals surface area contributed by atoms with Gasteiger partial charge in [0.05, 0.1) is 19.0 Å². The van der Waals surface area contributed by atoms with Gasteiger partial charge in [-0.1, -0.05) is 17.7 Å². The average molecular weight is 314 g/mol. The maximum absolute atomic E-state index is 12.0. The van der Waals surface area contributed by atoms with E-state index in [9.17, 15) is 4.39 Å². The molecule has 1 aliphatic rings. The molecule has 0 aliphatic carbocycles. The van der Waals surface area contributed by atoms with Crippen molar-refractivity contribution in [2.75, 3.05) is 44.4 Å². The highest BCUT2D eigenvalue weighted by Crippen LogP contribution is 2.25. The number of hydrogen-bond acceptors (Lipinski definition) is 3.